The zero-order chi connectivity index (χ0) is 21.3. The second kappa shape index (κ2) is 26.0. The minimum absolute atomic E-state index is 1.01. The molecule has 2 radical (unpaired) electrons. The molecule has 0 aliphatic carbocycles. The lowest BCUT2D eigenvalue weighted by Gasteiger charge is -2.14. The van der Waals surface area contributed by atoms with Gasteiger partial charge < -0.3 is 0 Å². The standard InChI is InChI=1S/C29H58/c1-4-7-9-11-13-14-15-16-17-18-19-20-21-22-24-26-28-29(6-3)27-25-23-12-10-8-5-2/h29H,1-2,4-28H2,3H3. The van der Waals surface area contributed by atoms with Crippen LogP contribution in [0.25, 0.3) is 0 Å². The highest BCUT2D eigenvalue weighted by Gasteiger charge is 2.05. The molecule has 0 saturated heterocycles. The van der Waals surface area contributed by atoms with Crippen molar-refractivity contribution >= 4 is 0 Å². The van der Waals surface area contributed by atoms with Crippen LogP contribution in [0.4, 0.5) is 0 Å². The molecule has 1 atom stereocenters. The highest BCUT2D eigenvalue weighted by Crippen LogP contribution is 2.22. The van der Waals surface area contributed by atoms with Crippen molar-refractivity contribution in [3.8, 4) is 0 Å². The average molecular weight is 407 g/mol. The Morgan fingerprint density at radius 1 is 0.379 bits per heavy atom. The van der Waals surface area contributed by atoms with Crippen LogP contribution in [0.1, 0.15) is 167 Å². The lowest BCUT2D eigenvalue weighted by molar-refractivity contribution is 0.392. The topological polar surface area (TPSA) is 0 Å². The Bertz CT molecular complexity index is 269. The van der Waals surface area contributed by atoms with Gasteiger partial charge in [0.1, 0.15) is 0 Å². The quantitative estimate of drug-likeness (QED) is 0.132. The molecular weight excluding hydrogens is 348 g/mol. The van der Waals surface area contributed by atoms with Crippen molar-refractivity contribution in [1.29, 1.82) is 0 Å². The zero-order valence-corrected chi connectivity index (χ0v) is 20.7. The van der Waals surface area contributed by atoms with E-state index in [-0.39, 0.29) is 0 Å². The summed E-state index contributed by atoms with van der Waals surface area (Å²) in [7, 11) is 0. The molecule has 0 N–H and O–H groups in total. The number of rotatable bonds is 25. The summed E-state index contributed by atoms with van der Waals surface area (Å²) in [6.07, 6.45) is 35.6. The van der Waals surface area contributed by atoms with Crippen LogP contribution in [0, 0.1) is 19.8 Å². The summed E-state index contributed by atoms with van der Waals surface area (Å²) in [4.78, 5) is 0. The maximum absolute atomic E-state index is 3.94. The number of unbranched alkanes of at least 4 members (excludes halogenated alkanes) is 20. The fourth-order valence-corrected chi connectivity index (χ4v) is 4.60. The molecule has 0 amide bonds. The first-order valence-electron chi connectivity index (χ1n) is 13.9. The molecular formula is C29H58. The van der Waals surface area contributed by atoms with Gasteiger partial charge in [-0.25, -0.2) is 0 Å². The molecule has 0 fully saturated rings. The van der Waals surface area contributed by atoms with Crippen molar-refractivity contribution in [2.45, 2.75) is 167 Å². The van der Waals surface area contributed by atoms with Gasteiger partial charge in [-0.2, -0.15) is 0 Å². The van der Waals surface area contributed by atoms with E-state index in [1.807, 2.05) is 0 Å². The van der Waals surface area contributed by atoms with Gasteiger partial charge in [-0.15, -0.1) is 0 Å². The second-order valence-electron chi connectivity index (χ2n) is 9.63. The maximum Gasteiger partial charge on any atom is -0.0417 e. The van der Waals surface area contributed by atoms with E-state index in [2.05, 4.69) is 20.8 Å². The Labute approximate surface area is 187 Å². The molecule has 0 heterocycles. The van der Waals surface area contributed by atoms with Crippen LogP contribution in [-0.2, 0) is 0 Å². The Hall–Kier alpha value is 0. The summed E-state index contributed by atoms with van der Waals surface area (Å²) in [5, 5.41) is 0. The van der Waals surface area contributed by atoms with Gasteiger partial charge in [0.25, 0.3) is 0 Å². The maximum atomic E-state index is 3.94. The normalized spacial score (nSPS) is 12.5. The Morgan fingerprint density at radius 2 is 0.621 bits per heavy atom. The van der Waals surface area contributed by atoms with Crippen molar-refractivity contribution in [1.82, 2.24) is 0 Å². The second-order valence-corrected chi connectivity index (χ2v) is 9.63. The van der Waals surface area contributed by atoms with Crippen molar-refractivity contribution in [2.24, 2.45) is 5.92 Å². The Kier molecular flexibility index (Phi) is 26.0. The minimum atomic E-state index is 1.01. The van der Waals surface area contributed by atoms with Crippen molar-refractivity contribution in [3.05, 3.63) is 13.8 Å². The Balaban J connectivity index is 3.21. The van der Waals surface area contributed by atoms with E-state index in [4.69, 9.17) is 0 Å². The van der Waals surface area contributed by atoms with Gasteiger partial charge in [-0.05, 0) is 5.92 Å². The first-order valence-corrected chi connectivity index (χ1v) is 13.9. The summed E-state index contributed by atoms with van der Waals surface area (Å²) in [5.74, 6) is 1.01. The fraction of sp³-hybridized carbons (Fsp3) is 0.931. The van der Waals surface area contributed by atoms with Crippen LogP contribution in [0.5, 0.6) is 0 Å². The van der Waals surface area contributed by atoms with Gasteiger partial charge in [0.2, 0.25) is 0 Å². The summed E-state index contributed by atoms with van der Waals surface area (Å²) >= 11 is 0. The SMILES string of the molecule is [CH2]CCCCCCCCCCCCCCCCCC(CC)CCCCCCC[CH2]. The molecule has 0 aromatic heterocycles. The van der Waals surface area contributed by atoms with E-state index in [0.29, 0.717) is 0 Å². The summed E-state index contributed by atoms with van der Waals surface area (Å²) in [5.41, 5.74) is 0. The molecule has 174 valence electrons. The van der Waals surface area contributed by atoms with Gasteiger partial charge in [-0.3, -0.25) is 0 Å². The molecule has 0 rings (SSSR count). The van der Waals surface area contributed by atoms with Crippen LogP contribution in [0.2, 0.25) is 0 Å². The van der Waals surface area contributed by atoms with E-state index >= 15 is 0 Å². The van der Waals surface area contributed by atoms with Crippen molar-refractivity contribution in [3.63, 3.8) is 0 Å². The van der Waals surface area contributed by atoms with Gasteiger partial charge in [0.15, 0.2) is 0 Å². The van der Waals surface area contributed by atoms with Crippen molar-refractivity contribution < 1.29 is 0 Å². The van der Waals surface area contributed by atoms with Crippen molar-refractivity contribution in [2.75, 3.05) is 0 Å². The number of hydrogen-bond donors (Lipinski definition) is 0. The molecule has 0 aliphatic rings. The smallest absolute Gasteiger partial charge is 0.0417 e. The van der Waals surface area contributed by atoms with Crippen LogP contribution in [0.15, 0.2) is 0 Å². The summed E-state index contributed by atoms with van der Waals surface area (Å²) < 4.78 is 0. The minimum Gasteiger partial charge on any atom is -0.0651 e. The van der Waals surface area contributed by atoms with E-state index in [0.717, 1.165) is 18.8 Å². The van der Waals surface area contributed by atoms with Crippen LogP contribution < -0.4 is 0 Å². The summed E-state index contributed by atoms with van der Waals surface area (Å²) in [6, 6.07) is 0. The number of hydrogen-bond acceptors (Lipinski definition) is 0. The molecule has 0 aromatic rings. The molecule has 1 unspecified atom stereocenters. The van der Waals surface area contributed by atoms with Crippen LogP contribution in [0.3, 0.4) is 0 Å². The molecule has 0 aliphatic heterocycles. The van der Waals surface area contributed by atoms with Crippen LogP contribution in [-0.4, -0.2) is 0 Å². The molecule has 0 saturated carbocycles. The van der Waals surface area contributed by atoms with Gasteiger partial charge in [0.05, 0.1) is 0 Å². The predicted octanol–water partition coefficient (Wildman–Crippen LogP) is 11.0. The van der Waals surface area contributed by atoms with E-state index in [1.165, 1.54) is 148 Å². The molecule has 0 bridgehead atoms. The van der Waals surface area contributed by atoms with Gasteiger partial charge in [0, 0.05) is 0 Å². The highest BCUT2D eigenvalue weighted by atomic mass is 14.1. The zero-order valence-electron chi connectivity index (χ0n) is 20.7. The van der Waals surface area contributed by atoms with E-state index < -0.39 is 0 Å². The molecule has 0 heteroatoms. The lowest BCUT2D eigenvalue weighted by atomic mass is 9.92. The molecule has 0 nitrogen and oxygen atoms in total. The fourth-order valence-electron chi connectivity index (χ4n) is 4.60. The monoisotopic (exact) mass is 406 g/mol. The molecule has 0 spiro atoms. The highest BCUT2D eigenvalue weighted by molar-refractivity contribution is 4.59. The van der Waals surface area contributed by atoms with E-state index in [9.17, 15) is 0 Å². The lowest BCUT2D eigenvalue weighted by Crippen LogP contribution is -1.99. The van der Waals surface area contributed by atoms with Gasteiger partial charge in [-0.1, -0.05) is 181 Å². The van der Waals surface area contributed by atoms with Gasteiger partial charge >= 0.3 is 0 Å². The summed E-state index contributed by atoms with van der Waals surface area (Å²) in [6.45, 7) is 10.3. The largest absolute Gasteiger partial charge is 0.0651 e. The first kappa shape index (κ1) is 29.0. The van der Waals surface area contributed by atoms with E-state index in [1.54, 1.807) is 0 Å². The third-order valence-corrected chi connectivity index (χ3v) is 6.80. The average Bonchev–Trinajstić information content (AvgIpc) is 2.74. The Morgan fingerprint density at radius 3 is 0.862 bits per heavy atom. The molecule has 0 aromatic carbocycles. The third kappa shape index (κ3) is 24.1. The van der Waals surface area contributed by atoms with Crippen LogP contribution >= 0.6 is 0 Å². The first-order chi connectivity index (χ1) is 14.3. The predicted molar refractivity (Wildman–Crippen MR) is 135 cm³/mol. The molecule has 29 heavy (non-hydrogen) atoms. The third-order valence-electron chi connectivity index (χ3n) is 6.80.